The highest BCUT2D eigenvalue weighted by Gasteiger charge is 2.25. The van der Waals surface area contributed by atoms with Crippen molar-refractivity contribution in [3.63, 3.8) is 0 Å². The molecule has 0 radical (unpaired) electrons. The van der Waals surface area contributed by atoms with E-state index in [0.717, 1.165) is 17.8 Å². The standard InChI is InChI=1S/C13H20N2O4S2/c1-9(2)13-14-11(7-20-13)12(16)15-21(17,18)8-10-5-3-4-6-19-10/h7,9-10H,3-6,8H2,1-2H3,(H,15,16)/t10-/m1/s1. The van der Waals surface area contributed by atoms with Crippen molar-refractivity contribution >= 4 is 27.3 Å². The van der Waals surface area contributed by atoms with E-state index in [0.29, 0.717) is 13.0 Å². The fraction of sp³-hybridized carbons (Fsp3) is 0.692. The van der Waals surface area contributed by atoms with Crippen LogP contribution >= 0.6 is 11.3 Å². The van der Waals surface area contributed by atoms with Gasteiger partial charge >= 0.3 is 0 Å². The Kier molecular flexibility index (Phi) is 5.34. The van der Waals surface area contributed by atoms with Crippen LogP contribution in [0.5, 0.6) is 0 Å². The Morgan fingerprint density at radius 3 is 2.86 bits per heavy atom. The van der Waals surface area contributed by atoms with Gasteiger partial charge in [0, 0.05) is 17.9 Å². The monoisotopic (exact) mass is 332 g/mol. The van der Waals surface area contributed by atoms with Gasteiger partial charge in [0.1, 0.15) is 5.69 Å². The molecule has 1 aromatic heterocycles. The van der Waals surface area contributed by atoms with Gasteiger partial charge < -0.3 is 4.74 Å². The van der Waals surface area contributed by atoms with Crippen LogP contribution in [0, 0.1) is 0 Å². The van der Waals surface area contributed by atoms with Gasteiger partial charge in [-0.3, -0.25) is 4.79 Å². The first-order valence-corrected chi connectivity index (χ1v) is 9.52. The average Bonchev–Trinajstić information content (AvgIpc) is 2.88. The topological polar surface area (TPSA) is 85.4 Å². The number of aromatic nitrogens is 1. The van der Waals surface area contributed by atoms with E-state index in [1.54, 1.807) is 5.38 Å². The summed E-state index contributed by atoms with van der Waals surface area (Å²) in [6.45, 7) is 4.52. The molecule has 8 heteroatoms. The summed E-state index contributed by atoms with van der Waals surface area (Å²) in [7, 11) is -3.70. The summed E-state index contributed by atoms with van der Waals surface area (Å²) in [5.41, 5.74) is 0.150. The van der Waals surface area contributed by atoms with E-state index in [2.05, 4.69) is 9.71 Å². The molecule has 1 aliphatic heterocycles. The smallest absolute Gasteiger partial charge is 0.284 e. The Hall–Kier alpha value is -0.990. The first kappa shape index (κ1) is 16.4. The van der Waals surface area contributed by atoms with Gasteiger partial charge in [-0.25, -0.2) is 18.1 Å². The fourth-order valence-corrected chi connectivity index (χ4v) is 4.11. The lowest BCUT2D eigenvalue weighted by molar-refractivity contribution is 0.0304. The molecule has 2 rings (SSSR count). The summed E-state index contributed by atoms with van der Waals surface area (Å²) in [4.78, 5) is 16.1. The Morgan fingerprint density at radius 1 is 1.52 bits per heavy atom. The normalized spacial score (nSPS) is 19.7. The van der Waals surface area contributed by atoms with Crippen LogP contribution in [-0.2, 0) is 14.8 Å². The number of hydrogen-bond acceptors (Lipinski definition) is 6. The fourth-order valence-electron chi connectivity index (χ4n) is 2.08. The Bertz CT molecular complexity index is 589. The molecule has 1 atom stereocenters. The molecule has 1 aromatic rings. The average molecular weight is 332 g/mol. The lowest BCUT2D eigenvalue weighted by Gasteiger charge is -2.22. The lowest BCUT2D eigenvalue weighted by Crippen LogP contribution is -2.38. The molecule has 1 saturated heterocycles. The van der Waals surface area contributed by atoms with Gasteiger partial charge in [-0.15, -0.1) is 11.3 Å². The van der Waals surface area contributed by atoms with Gasteiger partial charge in [0.05, 0.1) is 16.9 Å². The van der Waals surface area contributed by atoms with Crippen molar-refractivity contribution in [2.24, 2.45) is 0 Å². The summed E-state index contributed by atoms with van der Waals surface area (Å²) in [6.07, 6.45) is 2.30. The second-order valence-corrected chi connectivity index (χ2v) is 8.08. The third kappa shape index (κ3) is 4.76. The summed E-state index contributed by atoms with van der Waals surface area (Å²) in [5, 5.41) is 2.39. The van der Waals surface area contributed by atoms with Crippen LogP contribution in [0.3, 0.4) is 0 Å². The minimum absolute atomic E-state index is 0.150. The molecule has 118 valence electrons. The van der Waals surface area contributed by atoms with E-state index >= 15 is 0 Å². The first-order chi connectivity index (χ1) is 9.87. The molecule has 1 aliphatic rings. The quantitative estimate of drug-likeness (QED) is 0.890. The number of nitrogens with zero attached hydrogens (tertiary/aromatic N) is 1. The number of hydrogen-bond donors (Lipinski definition) is 1. The van der Waals surface area contributed by atoms with E-state index in [-0.39, 0.29) is 23.5 Å². The highest BCUT2D eigenvalue weighted by atomic mass is 32.2. The van der Waals surface area contributed by atoms with Gasteiger partial charge in [-0.05, 0) is 19.3 Å². The van der Waals surface area contributed by atoms with Gasteiger partial charge in [-0.2, -0.15) is 0 Å². The third-order valence-corrected chi connectivity index (χ3v) is 5.63. The van der Waals surface area contributed by atoms with Crippen molar-refractivity contribution in [2.45, 2.75) is 45.1 Å². The molecule has 0 spiro atoms. The van der Waals surface area contributed by atoms with Gasteiger partial charge in [-0.1, -0.05) is 13.8 Å². The molecule has 1 amide bonds. The molecule has 6 nitrogen and oxygen atoms in total. The maximum Gasteiger partial charge on any atom is 0.284 e. The second-order valence-electron chi connectivity index (χ2n) is 5.43. The zero-order valence-corrected chi connectivity index (χ0v) is 13.8. The second kappa shape index (κ2) is 6.85. The maximum absolute atomic E-state index is 12.0. The molecular weight excluding hydrogens is 312 g/mol. The van der Waals surface area contributed by atoms with Crippen molar-refractivity contribution in [1.29, 1.82) is 0 Å². The number of sulfonamides is 1. The van der Waals surface area contributed by atoms with E-state index in [1.807, 2.05) is 13.8 Å². The van der Waals surface area contributed by atoms with Crippen molar-refractivity contribution in [3.05, 3.63) is 16.1 Å². The number of carbonyl (C=O) groups is 1. The SMILES string of the molecule is CC(C)c1nc(C(=O)NS(=O)(=O)C[C@H]2CCCCO2)cs1. The summed E-state index contributed by atoms with van der Waals surface area (Å²) < 4.78 is 31.4. The van der Waals surface area contributed by atoms with Crippen LogP contribution in [0.2, 0.25) is 0 Å². The van der Waals surface area contributed by atoms with Crippen molar-refractivity contribution in [2.75, 3.05) is 12.4 Å². The Morgan fingerprint density at radius 2 is 2.29 bits per heavy atom. The Balaban J connectivity index is 1.96. The number of thiazole rings is 1. The van der Waals surface area contributed by atoms with Crippen molar-refractivity contribution < 1.29 is 17.9 Å². The molecule has 0 saturated carbocycles. The van der Waals surface area contributed by atoms with Gasteiger partial charge in [0.15, 0.2) is 0 Å². The molecular formula is C13H20N2O4S2. The first-order valence-electron chi connectivity index (χ1n) is 6.99. The molecule has 0 unspecified atom stereocenters. The minimum Gasteiger partial charge on any atom is -0.377 e. The van der Waals surface area contributed by atoms with Crippen LogP contribution in [0.1, 0.15) is 54.5 Å². The van der Waals surface area contributed by atoms with Crippen LogP contribution in [0.4, 0.5) is 0 Å². The van der Waals surface area contributed by atoms with Crippen molar-refractivity contribution in [3.8, 4) is 0 Å². The van der Waals surface area contributed by atoms with Crippen LogP contribution in [-0.4, -0.2) is 37.8 Å². The minimum atomic E-state index is -3.70. The number of carbonyl (C=O) groups excluding carboxylic acids is 1. The summed E-state index contributed by atoms with van der Waals surface area (Å²) in [5.74, 6) is -0.641. The van der Waals surface area contributed by atoms with Gasteiger partial charge in [0.2, 0.25) is 10.0 Å². The van der Waals surface area contributed by atoms with Crippen LogP contribution in [0.15, 0.2) is 5.38 Å². The zero-order chi connectivity index (χ0) is 15.5. The number of nitrogens with one attached hydrogen (secondary N) is 1. The van der Waals surface area contributed by atoms with E-state index in [4.69, 9.17) is 4.74 Å². The predicted octanol–water partition coefficient (Wildman–Crippen LogP) is 1.90. The maximum atomic E-state index is 12.0. The highest BCUT2D eigenvalue weighted by molar-refractivity contribution is 7.90. The van der Waals surface area contributed by atoms with Crippen LogP contribution in [0.25, 0.3) is 0 Å². The van der Waals surface area contributed by atoms with Crippen molar-refractivity contribution in [1.82, 2.24) is 9.71 Å². The number of rotatable bonds is 5. The Labute approximate surface area is 129 Å². The molecule has 0 aromatic carbocycles. The van der Waals surface area contributed by atoms with E-state index in [9.17, 15) is 13.2 Å². The molecule has 21 heavy (non-hydrogen) atoms. The predicted molar refractivity (Wildman–Crippen MR) is 81.0 cm³/mol. The molecule has 0 aliphatic carbocycles. The summed E-state index contributed by atoms with van der Waals surface area (Å²) >= 11 is 1.36. The molecule has 2 heterocycles. The highest BCUT2D eigenvalue weighted by Crippen LogP contribution is 2.19. The summed E-state index contributed by atoms with van der Waals surface area (Å²) in [6, 6.07) is 0. The van der Waals surface area contributed by atoms with E-state index in [1.165, 1.54) is 11.3 Å². The third-order valence-electron chi connectivity index (χ3n) is 3.18. The van der Waals surface area contributed by atoms with Gasteiger partial charge in [0.25, 0.3) is 5.91 Å². The largest absolute Gasteiger partial charge is 0.377 e. The number of ether oxygens (including phenoxy) is 1. The molecule has 1 N–H and O–H groups in total. The van der Waals surface area contributed by atoms with E-state index < -0.39 is 15.9 Å². The van der Waals surface area contributed by atoms with Crippen LogP contribution < -0.4 is 4.72 Å². The molecule has 0 bridgehead atoms. The number of amides is 1. The molecule has 1 fully saturated rings. The lowest BCUT2D eigenvalue weighted by atomic mass is 10.1. The zero-order valence-electron chi connectivity index (χ0n) is 12.2.